The maximum Gasteiger partial charge on any atom is 0.243 e. The Kier molecular flexibility index (Phi) is 8.76. The van der Waals surface area contributed by atoms with Crippen molar-refractivity contribution in [1.82, 2.24) is 14.5 Å². The molecule has 0 spiro atoms. The molecule has 0 aliphatic carbocycles. The Balaban J connectivity index is 1.88. The Labute approximate surface area is 185 Å². The summed E-state index contributed by atoms with van der Waals surface area (Å²) in [5.74, 6) is -0.300. The Morgan fingerprint density at radius 2 is 1.65 bits per heavy atom. The first kappa shape index (κ1) is 25.0. The lowest BCUT2D eigenvalue weighted by Gasteiger charge is -2.34. The molecular weight excluding hydrogens is 418 g/mol. The molecule has 1 N–H and O–H groups in total. The molecule has 172 valence electrons. The van der Waals surface area contributed by atoms with Crippen molar-refractivity contribution in [2.45, 2.75) is 57.4 Å². The molecule has 1 aromatic rings. The molecule has 0 bridgehead atoms. The maximum absolute atomic E-state index is 12.7. The summed E-state index contributed by atoms with van der Waals surface area (Å²) < 4.78 is 26.4. The van der Waals surface area contributed by atoms with Crippen LogP contribution in [0, 0.1) is 5.92 Å². The van der Waals surface area contributed by atoms with E-state index in [2.05, 4.69) is 5.32 Å². The van der Waals surface area contributed by atoms with Crippen LogP contribution >= 0.6 is 0 Å². The zero-order chi connectivity index (χ0) is 23.2. The fourth-order valence-corrected chi connectivity index (χ4v) is 4.87. The van der Waals surface area contributed by atoms with Gasteiger partial charge in [0, 0.05) is 37.7 Å². The van der Waals surface area contributed by atoms with E-state index < -0.39 is 10.0 Å². The molecule has 1 aliphatic heterocycles. The summed E-state index contributed by atoms with van der Waals surface area (Å²) in [5, 5.41) is 2.89. The third-order valence-electron chi connectivity index (χ3n) is 5.84. The van der Waals surface area contributed by atoms with Gasteiger partial charge in [0.05, 0.1) is 11.4 Å². The van der Waals surface area contributed by atoms with Gasteiger partial charge >= 0.3 is 0 Å². The second-order valence-electron chi connectivity index (χ2n) is 8.02. The number of piperidine rings is 1. The summed E-state index contributed by atoms with van der Waals surface area (Å²) in [4.78, 5) is 38.2. The van der Waals surface area contributed by atoms with Gasteiger partial charge in [0.15, 0.2) is 5.78 Å². The highest BCUT2D eigenvalue weighted by atomic mass is 32.2. The highest BCUT2D eigenvalue weighted by Gasteiger charge is 2.28. The molecule has 1 saturated heterocycles. The number of ketones is 1. The molecule has 2 rings (SSSR count). The number of amides is 2. The van der Waals surface area contributed by atoms with Crippen LogP contribution in [0.3, 0.4) is 0 Å². The van der Waals surface area contributed by atoms with Crippen molar-refractivity contribution >= 4 is 27.6 Å². The third-order valence-corrected chi connectivity index (χ3v) is 7.66. The van der Waals surface area contributed by atoms with Crippen molar-refractivity contribution in [2.75, 3.05) is 26.7 Å². The van der Waals surface area contributed by atoms with Crippen molar-refractivity contribution in [1.29, 1.82) is 0 Å². The summed E-state index contributed by atoms with van der Waals surface area (Å²) in [6.45, 7) is 6.33. The molecule has 8 nitrogen and oxygen atoms in total. The number of likely N-dealkylation sites (tertiary alicyclic amines) is 1. The number of hydrogen-bond donors (Lipinski definition) is 1. The Morgan fingerprint density at radius 3 is 2.13 bits per heavy atom. The quantitative estimate of drug-likeness (QED) is 0.579. The molecule has 0 radical (unpaired) electrons. The van der Waals surface area contributed by atoms with Crippen LogP contribution < -0.4 is 5.32 Å². The smallest absolute Gasteiger partial charge is 0.243 e. The lowest BCUT2D eigenvalue weighted by atomic mass is 9.98. The Hall–Kier alpha value is -2.26. The average Bonchev–Trinajstić information content (AvgIpc) is 2.74. The molecule has 1 fully saturated rings. The number of likely N-dealkylation sites (N-methyl/N-ethyl adjacent to an activating group) is 1. The van der Waals surface area contributed by atoms with E-state index in [1.54, 1.807) is 0 Å². The van der Waals surface area contributed by atoms with Crippen LogP contribution in [0.2, 0.25) is 0 Å². The third kappa shape index (κ3) is 6.36. The lowest BCUT2D eigenvalue weighted by molar-refractivity contribution is -0.137. The van der Waals surface area contributed by atoms with Crippen LogP contribution in [-0.4, -0.2) is 67.9 Å². The minimum atomic E-state index is -3.84. The van der Waals surface area contributed by atoms with Gasteiger partial charge in [-0.05, 0) is 44.7 Å². The highest BCUT2D eigenvalue weighted by Crippen LogP contribution is 2.18. The second-order valence-corrected chi connectivity index (χ2v) is 10.1. The predicted molar refractivity (Wildman–Crippen MR) is 118 cm³/mol. The number of rotatable bonds is 9. The number of carbonyl (C=O) groups is 3. The van der Waals surface area contributed by atoms with Gasteiger partial charge in [0.25, 0.3) is 0 Å². The van der Waals surface area contributed by atoms with Gasteiger partial charge in [-0.25, -0.2) is 8.42 Å². The number of sulfonamides is 1. The van der Waals surface area contributed by atoms with Crippen LogP contribution in [0.1, 0.15) is 56.8 Å². The van der Waals surface area contributed by atoms with Crippen molar-refractivity contribution in [2.24, 2.45) is 5.92 Å². The monoisotopic (exact) mass is 451 g/mol. The molecule has 0 aromatic heterocycles. The van der Waals surface area contributed by atoms with E-state index in [0.717, 1.165) is 17.1 Å². The van der Waals surface area contributed by atoms with Crippen molar-refractivity contribution < 1.29 is 22.8 Å². The largest absolute Gasteiger partial charge is 0.352 e. The lowest BCUT2D eigenvalue weighted by Crippen LogP contribution is -2.49. The minimum absolute atomic E-state index is 0.0287. The molecule has 2 amide bonds. The summed E-state index contributed by atoms with van der Waals surface area (Å²) in [5.41, 5.74) is 0.424. The van der Waals surface area contributed by atoms with Crippen LogP contribution in [0.5, 0.6) is 0 Å². The molecule has 31 heavy (non-hydrogen) atoms. The molecular formula is C22H33N3O5S. The molecule has 0 unspecified atom stereocenters. The molecule has 0 atom stereocenters. The fraction of sp³-hybridized carbons (Fsp3) is 0.591. The summed E-state index contributed by atoms with van der Waals surface area (Å²) >= 11 is 0. The van der Waals surface area contributed by atoms with E-state index in [1.165, 1.54) is 38.2 Å². The van der Waals surface area contributed by atoms with E-state index in [-0.39, 0.29) is 41.0 Å². The van der Waals surface area contributed by atoms with Crippen molar-refractivity contribution in [3.8, 4) is 0 Å². The van der Waals surface area contributed by atoms with Gasteiger partial charge in [0.1, 0.15) is 0 Å². The zero-order valence-electron chi connectivity index (χ0n) is 18.8. The van der Waals surface area contributed by atoms with Crippen LogP contribution in [-0.2, 0) is 19.6 Å². The van der Waals surface area contributed by atoms with Gasteiger partial charge in [-0.1, -0.05) is 26.0 Å². The van der Waals surface area contributed by atoms with E-state index in [1.807, 2.05) is 18.7 Å². The number of nitrogens with zero attached hydrogens (tertiary/aromatic N) is 2. The topological polar surface area (TPSA) is 104 Å². The predicted octanol–water partition coefficient (Wildman–Crippen LogP) is 2.05. The van der Waals surface area contributed by atoms with Crippen LogP contribution in [0.15, 0.2) is 29.2 Å². The maximum atomic E-state index is 12.7. The standard InChI is InChI=1S/C22H33N3O5S/c1-5-17(6-2)22(28)25-13-11-19(12-14-25)23-21(27)15-24(4)31(29,30)20-9-7-18(8-10-20)16(3)26/h7-10,17,19H,5-6,11-15H2,1-4H3,(H,23,27). The first-order chi connectivity index (χ1) is 14.6. The van der Waals surface area contributed by atoms with Gasteiger partial charge in [-0.15, -0.1) is 0 Å². The number of benzene rings is 1. The molecule has 1 heterocycles. The molecule has 1 aromatic carbocycles. The second kappa shape index (κ2) is 10.9. The number of nitrogens with one attached hydrogen (secondary N) is 1. The summed E-state index contributed by atoms with van der Waals surface area (Å²) in [6.07, 6.45) is 2.95. The molecule has 1 aliphatic rings. The summed E-state index contributed by atoms with van der Waals surface area (Å²) in [7, 11) is -2.49. The van der Waals surface area contributed by atoms with Gasteiger partial charge < -0.3 is 10.2 Å². The van der Waals surface area contributed by atoms with Crippen molar-refractivity contribution in [3.05, 3.63) is 29.8 Å². The molecule has 0 saturated carbocycles. The summed E-state index contributed by atoms with van der Waals surface area (Å²) in [6, 6.07) is 5.57. The van der Waals surface area contributed by atoms with Gasteiger partial charge in [-0.2, -0.15) is 4.31 Å². The van der Waals surface area contributed by atoms with Crippen molar-refractivity contribution in [3.63, 3.8) is 0 Å². The normalized spacial score (nSPS) is 15.4. The highest BCUT2D eigenvalue weighted by molar-refractivity contribution is 7.89. The fourth-order valence-electron chi connectivity index (χ4n) is 3.74. The Bertz CT molecular complexity index is 886. The molecule has 9 heteroatoms. The van der Waals surface area contributed by atoms with Crippen LogP contribution in [0.25, 0.3) is 0 Å². The first-order valence-electron chi connectivity index (χ1n) is 10.8. The van der Waals surface area contributed by atoms with Gasteiger partial charge in [-0.3, -0.25) is 14.4 Å². The van der Waals surface area contributed by atoms with E-state index in [9.17, 15) is 22.8 Å². The number of hydrogen-bond acceptors (Lipinski definition) is 5. The zero-order valence-corrected chi connectivity index (χ0v) is 19.6. The first-order valence-corrected chi connectivity index (χ1v) is 12.2. The van der Waals surface area contributed by atoms with E-state index in [0.29, 0.717) is 31.5 Å². The van der Waals surface area contributed by atoms with E-state index in [4.69, 9.17) is 0 Å². The minimum Gasteiger partial charge on any atom is -0.352 e. The van der Waals surface area contributed by atoms with E-state index >= 15 is 0 Å². The SMILES string of the molecule is CCC(CC)C(=O)N1CCC(NC(=O)CN(C)S(=O)(=O)c2ccc(C(C)=O)cc2)CC1. The number of Topliss-reactive ketones (excluding diaryl/α,β-unsaturated/α-hetero) is 1. The average molecular weight is 452 g/mol. The Morgan fingerprint density at radius 1 is 1.10 bits per heavy atom. The number of carbonyl (C=O) groups excluding carboxylic acids is 3. The van der Waals surface area contributed by atoms with Crippen LogP contribution in [0.4, 0.5) is 0 Å². The van der Waals surface area contributed by atoms with Gasteiger partial charge in [0.2, 0.25) is 21.8 Å².